The Morgan fingerprint density at radius 3 is 1.47 bits per heavy atom. The van der Waals surface area contributed by atoms with E-state index in [0.29, 0.717) is 12.8 Å². The first-order chi connectivity index (χ1) is 20.3. The zero-order valence-electron chi connectivity index (χ0n) is 26.9. The summed E-state index contributed by atoms with van der Waals surface area (Å²) in [5.74, 6) is -1.57. The molecule has 0 N–H and O–H groups in total. The molecule has 1 aromatic rings. The van der Waals surface area contributed by atoms with Gasteiger partial charge < -0.3 is 14.0 Å². The van der Waals surface area contributed by atoms with Crippen LogP contribution in [0.25, 0.3) is 0 Å². The molecule has 0 amide bonds. The van der Waals surface area contributed by atoms with Gasteiger partial charge in [0.25, 0.3) is 0 Å². The average molecular weight is 645 g/mol. The number of carbonyl (C=O) groups is 2. The van der Waals surface area contributed by atoms with Crippen molar-refractivity contribution < 1.29 is 83.4 Å². The Morgan fingerprint density at radius 2 is 1.02 bits per heavy atom. The van der Waals surface area contributed by atoms with E-state index in [4.69, 9.17) is 9.47 Å². The first-order valence-corrected chi connectivity index (χ1v) is 17.5. The third-order valence-corrected chi connectivity index (χ3v) is 7.79. The van der Waals surface area contributed by atoms with Crippen LogP contribution >= 0.6 is 0 Å². The monoisotopic (exact) mass is 644 g/mol. The molecule has 0 aliphatic rings. The summed E-state index contributed by atoms with van der Waals surface area (Å²) in [5, 5.41) is 0. The van der Waals surface area contributed by atoms with Crippen LogP contribution in [0.3, 0.4) is 0 Å². The summed E-state index contributed by atoms with van der Waals surface area (Å²) in [6.45, 7) is 4.69. The van der Waals surface area contributed by atoms with Gasteiger partial charge in [0.05, 0.1) is 29.2 Å². The predicted octanol–water partition coefficient (Wildman–Crippen LogP) is 6.08. The van der Waals surface area contributed by atoms with Gasteiger partial charge in [0.15, 0.2) is 0 Å². The summed E-state index contributed by atoms with van der Waals surface area (Å²) in [5.41, 5.74) is -0.363. The van der Waals surface area contributed by atoms with Crippen LogP contribution in [0.4, 0.5) is 0 Å². The maximum atomic E-state index is 12.8. The van der Waals surface area contributed by atoms with Gasteiger partial charge in [-0.1, -0.05) is 102 Å². The number of ether oxygens (including phenoxy) is 2. The molecule has 0 atom stereocenters. The van der Waals surface area contributed by atoms with E-state index in [1.54, 1.807) is 0 Å². The minimum absolute atomic E-state index is 0. The molecule has 0 heterocycles. The van der Waals surface area contributed by atoms with Crippen molar-refractivity contribution in [1.29, 1.82) is 0 Å². The van der Waals surface area contributed by atoms with Crippen molar-refractivity contribution in [2.75, 3.05) is 13.2 Å². The second kappa shape index (κ2) is 27.5. The maximum Gasteiger partial charge on any atom is 1.00 e. The molecule has 0 radical (unpaired) electrons. The van der Waals surface area contributed by atoms with Gasteiger partial charge in [0.2, 0.25) is 0 Å². The Hall–Kier alpha value is -0.814. The number of benzene rings is 1. The van der Waals surface area contributed by atoms with Crippen molar-refractivity contribution in [1.82, 2.24) is 0 Å². The summed E-state index contributed by atoms with van der Waals surface area (Å²) in [6, 6.07) is 3.08. The molecule has 0 aromatic heterocycles. The number of hydrogen-bond donors (Lipinski definition) is 0. The van der Waals surface area contributed by atoms with Gasteiger partial charge in [-0.3, -0.25) is 0 Å². The number of carbonyl (C=O) groups excluding carboxylic acids is 2. The molecule has 0 saturated carbocycles. The quantitative estimate of drug-likeness (QED) is 0.0417. The Kier molecular flexibility index (Phi) is 27.0. The summed E-state index contributed by atoms with van der Waals surface area (Å²) < 4.78 is 45.3. The Balaban J connectivity index is 0.0000176. The largest absolute Gasteiger partial charge is 1.00 e. The first kappa shape index (κ1) is 42.2. The summed E-state index contributed by atoms with van der Waals surface area (Å²) in [7, 11) is -4.81. The van der Waals surface area contributed by atoms with E-state index in [2.05, 4.69) is 38.2 Å². The van der Waals surface area contributed by atoms with Crippen LogP contribution in [-0.4, -0.2) is 38.1 Å². The molecule has 0 fully saturated rings. The molecule has 43 heavy (non-hydrogen) atoms. The summed E-state index contributed by atoms with van der Waals surface area (Å²) >= 11 is 0. The van der Waals surface area contributed by atoms with E-state index in [-0.39, 0.29) is 75.7 Å². The fourth-order valence-electron chi connectivity index (χ4n) is 4.46. The molecule has 1 aromatic carbocycles. The zero-order chi connectivity index (χ0) is 30.9. The predicted molar refractivity (Wildman–Crippen MR) is 168 cm³/mol. The van der Waals surface area contributed by atoms with Crippen LogP contribution in [0, 0.1) is 0 Å². The minimum atomic E-state index is -4.81. The third-order valence-electron chi connectivity index (χ3n) is 6.96. The van der Waals surface area contributed by atoms with E-state index in [1.165, 1.54) is 32.1 Å². The SMILES string of the molecule is CCC/C=C/CCCCCCCCOC(=O)c1ccc(S(=O)(=O)[O-])cc1C(=O)OCCCCCCCC/C=C/CCC.[K+]. The van der Waals surface area contributed by atoms with Crippen LogP contribution in [0.15, 0.2) is 47.4 Å². The van der Waals surface area contributed by atoms with E-state index in [0.717, 1.165) is 88.8 Å². The van der Waals surface area contributed by atoms with Crippen LogP contribution in [0.5, 0.6) is 0 Å². The molecular weight excluding hydrogens is 592 g/mol. The Bertz CT molecular complexity index is 1050. The van der Waals surface area contributed by atoms with Gasteiger partial charge in [0.1, 0.15) is 10.1 Å². The molecule has 9 heteroatoms. The normalized spacial score (nSPS) is 11.6. The van der Waals surface area contributed by atoms with Gasteiger partial charge in [-0.25, -0.2) is 18.0 Å². The van der Waals surface area contributed by atoms with Crippen molar-refractivity contribution in [2.45, 2.75) is 134 Å². The second-order valence-electron chi connectivity index (χ2n) is 10.8. The van der Waals surface area contributed by atoms with Crippen molar-refractivity contribution >= 4 is 22.1 Å². The molecule has 0 unspecified atom stereocenters. The second-order valence-corrected chi connectivity index (χ2v) is 12.2. The molecular formula is C34H53KO7S. The van der Waals surface area contributed by atoms with Crippen LogP contribution in [-0.2, 0) is 19.6 Å². The van der Waals surface area contributed by atoms with Crippen molar-refractivity contribution in [3.63, 3.8) is 0 Å². The molecule has 0 saturated heterocycles. The fraction of sp³-hybridized carbons (Fsp3) is 0.647. The number of hydrogen-bond acceptors (Lipinski definition) is 7. The average Bonchev–Trinajstić information content (AvgIpc) is 2.97. The van der Waals surface area contributed by atoms with Gasteiger partial charge >= 0.3 is 63.3 Å². The van der Waals surface area contributed by atoms with Crippen LogP contribution in [0.2, 0.25) is 0 Å². The number of unbranched alkanes of at least 4 members (excludes halogenated alkanes) is 14. The summed E-state index contributed by atoms with van der Waals surface area (Å²) in [4.78, 5) is 24.9. The van der Waals surface area contributed by atoms with Crippen molar-refractivity contribution in [2.24, 2.45) is 0 Å². The van der Waals surface area contributed by atoms with E-state index < -0.39 is 27.0 Å². The summed E-state index contributed by atoms with van der Waals surface area (Å²) in [6.07, 6.45) is 28.1. The van der Waals surface area contributed by atoms with Crippen molar-refractivity contribution in [3.8, 4) is 0 Å². The topological polar surface area (TPSA) is 110 Å². The molecule has 238 valence electrons. The van der Waals surface area contributed by atoms with E-state index in [1.807, 2.05) is 0 Å². The van der Waals surface area contributed by atoms with E-state index >= 15 is 0 Å². The van der Waals surface area contributed by atoms with Gasteiger partial charge in [-0.05, 0) is 69.6 Å². The smallest absolute Gasteiger partial charge is 0.744 e. The number of allylic oxidation sites excluding steroid dienone is 4. The zero-order valence-corrected chi connectivity index (χ0v) is 30.9. The van der Waals surface area contributed by atoms with Gasteiger partial charge in [-0.15, -0.1) is 0 Å². The third kappa shape index (κ3) is 21.5. The first-order valence-electron chi connectivity index (χ1n) is 16.0. The maximum absolute atomic E-state index is 12.8. The van der Waals surface area contributed by atoms with E-state index in [9.17, 15) is 22.6 Å². The Morgan fingerprint density at radius 1 is 0.628 bits per heavy atom. The van der Waals surface area contributed by atoms with Gasteiger partial charge in [-0.2, -0.15) is 0 Å². The molecule has 0 bridgehead atoms. The number of esters is 2. The molecule has 0 aliphatic heterocycles. The Labute approximate surface area is 303 Å². The molecule has 0 aliphatic carbocycles. The molecule has 7 nitrogen and oxygen atoms in total. The minimum Gasteiger partial charge on any atom is -0.744 e. The number of rotatable bonds is 25. The van der Waals surface area contributed by atoms with Crippen molar-refractivity contribution in [3.05, 3.63) is 53.6 Å². The van der Waals surface area contributed by atoms with Gasteiger partial charge in [0, 0.05) is 0 Å². The fourth-order valence-corrected chi connectivity index (χ4v) is 4.96. The molecule has 0 spiro atoms. The standard InChI is InChI=1S/C34H54O7S.K/c1-3-5-7-9-11-13-15-17-19-21-23-27-40-33(35)31-26-25-30(42(37,38)39)29-32(31)34(36)41-28-24-22-20-18-16-14-12-10-8-6-4-2;/h7-10,25-26,29H,3-6,11-24,27-28H2,1-2H3,(H,37,38,39);/q;+1/p-1/b9-7+,10-8+;. The molecule has 1 rings (SSSR count). The van der Waals surface area contributed by atoms with Crippen LogP contribution < -0.4 is 51.4 Å². The van der Waals surface area contributed by atoms with Crippen LogP contribution in [0.1, 0.15) is 150 Å².